The molecule has 1 aromatic heterocycles. The Balaban J connectivity index is 2.33. The van der Waals surface area contributed by atoms with E-state index in [1.807, 2.05) is 6.20 Å². The maximum Gasteiger partial charge on any atom is 0.137 e. The molecule has 0 radical (unpaired) electrons. The zero-order valence-electron chi connectivity index (χ0n) is 7.00. The van der Waals surface area contributed by atoms with Gasteiger partial charge in [-0.15, -0.1) is 0 Å². The highest BCUT2D eigenvalue weighted by atomic mass is 79.9. The molecular weight excluding hydrogens is 228 g/mol. The molecule has 1 N–H and O–H groups in total. The molecule has 0 aliphatic carbocycles. The molecule has 0 amide bonds. The zero-order valence-corrected chi connectivity index (χ0v) is 8.58. The van der Waals surface area contributed by atoms with Crippen LogP contribution in [0.5, 0.6) is 0 Å². The van der Waals surface area contributed by atoms with E-state index >= 15 is 0 Å². The molecule has 3 heteroatoms. The van der Waals surface area contributed by atoms with Crippen molar-refractivity contribution in [3.05, 3.63) is 42.2 Å². The van der Waals surface area contributed by atoms with E-state index in [0.29, 0.717) is 0 Å². The first-order chi connectivity index (χ1) is 6.40. The van der Waals surface area contributed by atoms with Gasteiger partial charge in [-0.2, -0.15) is 0 Å². The van der Waals surface area contributed by atoms with E-state index in [1.165, 1.54) is 5.56 Å². The predicted octanol–water partition coefficient (Wildman–Crippen LogP) is 2.97. The van der Waals surface area contributed by atoms with Crippen LogP contribution in [0.1, 0.15) is 5.56 Å². The molecule has 0 aliphatic heterocycles. The molecule has 2 nitrogen and oxygen atoms in total. The number of imidazole rings is 1. The second-order valence-corrected chi connectivity index (χ2v) is 3.33. The number of nitrogens with zero attached hydrogens (tertiary/aromatic N) is 1. The van der Waals surface area contributed by atoms with Crippen LogP contribution in [0.25, 0.3) is 11.4 Å². The lowest BCUT2D eigenvalue weighted by Gasteiger charge is -1.98. The summed E-state index contributed by atoms with van der Waals surface area (Å²) in [5, 5.41) is 0.894. The van der Waals surface area contributed by atoms with E-state index in [4.69, 9.17) is 0 Å². The van der Waals surface area contributed by atoms with Crippen molar-refractivity contribution >= 4 is 15.9 Å². The highest BCUT2D eigenvalue weighted by Crippen LogP contribution is 2.15. The number of hydrogen-bond donors (Lipinski definition) is 1. The van der Waals surface area contributed by atoms with E-state index in [9.17, 15) is 0 Å². The number of aromatic nitrogens is 2. The number of nitrogens with one attached hydrogen (secondary N) is 1. The molecule has 2 rings (SSSR count). The minimum atomic E-state index is 0.894. The Morgan fingerprint density at radius 3 is 2.54 bits per heavy atom. The fraction of sp³-hybridized carbons (Fsp3) is 0.100. The summed E-state index contributed by atoms with van der Waals surface area (Å²) >= 11 is 3.41. The average Bonchev–Trinajstić information content (AvgIpc) is 2.71. The Morgan fingerprint density at radius 2 is 2.00 bits per heavy atom. The van der Waals surface area contributed by atoms with E-state index < -0.39 is 0 Å². The van der Waals surface area contributed by atoms with Crippen LogP contribution >= 0.6 is 15.9 Å². The Kier molecular flexibility index (Phi) is 2.45. The largest absolute Gasteiger partial charge is 0.345 e. The summed E-state index contributed by atoms with van der Waals surface area (Å²) in [6.07, 6.45) is 3.58. The van der Waals surface area contributed by atoms with Gasteiger partial charge in [0.25, 0.3) is 0 Å². The van der Waals surface area contributed by atoms with Crippen molar-refractivity contribution < 1.29 is 0 Å². The van der Waals surface area contributed by atoms with Gasteiger partial charge in [0.1, 0.15) is 5.82 Å². The van der Waals surface area contributed by atoms with Crippen LogP contribution < -0.4 is 0 Å². The number of halogens is 1. The molecule has 1 aromatic carbocycles. The summed E-state index contributed by atoms with van der Waals surface area (Å²) in [5.74, 6) is 0.918. The third-order valence-electron chi connectivity index (χ3n) is 1.88. The summed E-state index contributed by atoms with van der Waals surface area (Å²) in [5.41, 5.74) is 2.39. The predicted molar refractivity (Wildman–Crippen MR) is 56.7 cm³/mol. The van der Waals surface area contributed by atoms with E-state index in [0.717, 1.165) is 16.7 Å². The van der Waals surface area contributed by atoms with Gasteiger partial charge in [-0.3, -0.25) is 0 Å². The van der Waals surface area contributed by atoms with Crippen LogP contribution in [0, 0.1) is 0 Å². The third-order valence-corrected chi connectivity index (χ3v) is 2.53. The molecule has 0 saturated carbocycles. The molecule has 2 aromatic rings. The van der Waals surface area contributed by atoms with Crippen LogP contribution in [0.3, 0.4) is 0 Å². The first kappa shape index (κ1) is 8.51. The standard InChI is InChI=1S/C10H9BrN2/c11-7-8-1-3-9(4-2-8)10-12-5-6-13-10/h1-6H,7H2,(H,12,13). The van der Waals surface area contributed by atoms with Crippen molar-refractivity contribution in [1.82, 2.24) is 9.97 Å². The topological polar surface area (TPSA) is 28.7 Å². The molecule has 66 valence electrons. The summed E-state index contributed by atoms with van der Waals surface area (Å²) < 4.78 is 0. The molecule has 0 saturated heterocycles. The average molecular weight is 237 g/mol. The van der Waals surface area contributed by atoms with Crippen LogP contribution in [-0.4, -0.2) is 9.97 Å². The van der Waals surface area contributed by atoms with E-state index in [2.05, 4.69) is 50.2 Å². The Labute approximate surface area is 85.1 Å². The maximum atomic E-state index is 4.17. The number of alkyl halides is 1. The number of H-pyrrole nitrogens is 1. The summed E-state index contributed by atoms with van der Waals surface area (Å²) in [7, 11) is 0. The first-order valence-corrected chi connectivity index (χ1v) is 5.17. The fourth-order valence-electron chi connectivity index (χ4n) is 1.17. The van der Waals surface area contributed by atoms with Gasteiger partial charge >= 0.3 is 0 Å². The van der Waals surface area contributed by atoms with Crippen molar-refractivity contribution in [2.24, 2.45) is 0 Å². The minimum absolute atomic E-state index is 0.894. The molecule has 0 bridgehead atoms. The molecule has 0 spiro atoms. The SMILES string of the molecule is BrCc1ccc(-c2ncc[nH]2)cc1. The van der Waals surface area contributed by atoms with E-state index in [1.54, 1.807) is 6.20 Å². The van der Waals surface area contributed by atoms with Gasteiger partial charge in [-0.1, -0.05) is 40.2 Å². The lowest BCUT2D eigenvalue weighted by molar-refractivity contribution is 1.30. The van der Waals surface area contributed by atoms with Crippen LogP contribution in [0.4, 0.5) is 0 Å². The molecule has 0 fully saturated rings. The monoisotopic (exact) mass is 236 g/mol. The van der Waals surface area contributed by atoms with Crippen molar-refractivity contribution in [1.29, 1.82) is 0 Å². The molecule has 0 atom stereocenters. The molecular formula is C10H9BrN2. The van der Waals surface area contributed by atoms with Gasteiger partial charge in [-0.05, 0) is 5.56 Å². The lowest BCUT2D eigenvalue weighted by Crippen LogP contribution is -1.81. The van der Waals surface area contributed by atoms with Gasteiger partial charge in [0.05, 0.1) is 0 Å². The number of hydrogen-bond acceptors (Lipinski definition) is 1. The number of rotatable bonds is 2. The van der Waals surface area contributed by atoms with Gasteiger partial charge in [0.2, 0.25) is 0 Å². The second-order valence-electron chi connectivity index (χ2n) is 2.77. The van der Waals surface area contributed by atoms with E-state index in [-0.39, 0.29) is 0 Å². The summed E-state index contributed by atoms with van der Waals surface area (Å²) in [6, 6.07) is 8.31. The Morgan fingerprint density at radius 1 is 1.23 bits per heavy atom. The Hall–Kier alpha value is -1.09. The second kappa shape index (κ2) is 3.75. The first-order valence-electron chi connectivity index (χ1n) is 4.05. The van der Waals surface area contributed by atoms with Crippen LogP contribution in [-0.2, 0) is 5.33 Å². The number of aromatic amines is 1. The minimum Gasteiger partial charge on any atom is -0.345 e. The van der Waals surface area contributed by atoms with Crippen molar-refractivity contribution in [2.45, 2.75) is 5.33 Å². The highest BCUT2D eigenvalue weighted by molar-refractivity contribution is 9.08. The zero-order chi connectivity index (χ0) is 9.10. The normalized spacial score (nSPS) is 10.2. The van der Waals surface area contributed by atoms with Crippen LogP contribution in [0.15, 0.2) is 36.7 Å². The van der Waals surface area contributed by atoms with Gasteiger partial charge in [0.15, 0.2) is 0 Å². The lowest BCUT2D eigenvalue weighted by atomic mass is 10.1. The van der Waals surface area contributed by atoms with Gasteiger partial charge < -0.3 is 4.98 Å². The fourth-order valence-corrected chi connectivity index (χ4v) is 1.55. The van der Waals surface area contributed by atoms with Crippen molar-refractivity contribution in [3.8, 4) is 11.4 Å². The highest BCUT2D eigenvalue weighted by Gasteiger charge is 1.98. The van der Waals surface area contributed by atoms with Crippen molar-refractivity contribution in [3.63, 3.8) is 0 Å². The maximum absolute atomic E-state index is 4.17. The molecule has 1 heterocycles. The number of benzene rings is 1. The smallest absolute Gasteiger partial charge is 0.137 e. The molecule has 0 unspecified atom stereocenters. The Bertz CT molecular complexity index is 364. The van der Waals surface area contributed by atoms with Crippen molar-refractivity contribution in [2.75, 3.05) is 0 Å². The molecule has 0 aliphatic rings. The van der Waals surface area contributed by atoms with Gasteiger partial charge in [0, 0.05) is 23.3 Å². The third kappa shape index (κ3) is 1.80. The summed E-state index contributed by atoms with van der Waals surface area (Å²) in [6.45, 7) is 0. The molecule has 13 heavy (non-hydrogen) atoms. The quantitative estimate of drug-likeness (QED) is 0.799. The van der Waals surface area contributed by atoms with Crippen LogP contribution in [0.2, 0.25) is 0 Å². The van der Waals surface area contributed by atoms with Gasteiger partial charge in [-0.25, -0.2) is 4.98 Å². The summed E-state index contributed by atoms with van der Waals surface area (Å²) in [4.78, 5) is 7.24.